The van der Waals surface area contributed by atoms with Crippen LogP contribution in [0, 0.1) is 10.1 Å². The van der Waals surface area contributed by atoms with Crippen molar-refractivity contribution >= 4 is 12.4 Å². The van der Waals surface area contributed by atoms with E-state index in [1.165, 1.54) is 12.4 Å². The number of nitro groups is 1. The molecule has 0 radical (unpaired) electrons. The van der Waals surface area contributed by atoms with Gasteiger partial charge in [0.25, 0.3) is 0 Å². The van der Waals surface area contributed by atoms with Gasteiger partial charge in [0, 0.05) is 19.0 Å². The lowest BCUT2D eigenvalue weighted by Crippen LogP contribution is -2.40. The minimum Gasteiger partial charge on any atom is -0.391 e. The Labute approximate surface area is 99.0 Å². The lowest BCUT2D eigenvalue weighted by atomic mass is 10.1. The van der Waals surface area contributed by atoms with Crippen LogP contribution in [0.4, 0.5) is 0 Å². The van der Waals surface area contributed by atoms with Gasteiger partial charge in [-0.15, -0.1) is 0 Å². The maximum absolute atomic E-state index is 10.9. The van der Waals surface area contributed by atoms with Gasteiger partial charge < -0.3 is 10.0 Å². The van der Waals surface area contributed by atoms with Crippen molar-refractivity contribution in [3.8, 4) is 0 Å². The number of hydrogen-bond acceptors (Lipinski definition) is 6. The summed E-state index contributed by atoms with van der Waals surface area (Å²) < 4.78 is 0. The van der Waals surface area contributed by atoms with E-state index in [1.54, 1.807) is 0 Å². The molecule has 94 valence electrons. The molecule has 1 N–H and O–H groups in total. The summed E-state index contributed by atoms with van der Waals surface area (Å²) >= 11 is 0. The second kappa shape index (κ2) is 4.89. The van der Waals surface area contributed by atoms with Crippen LogP contribution in [0.15, 0.2) is 9.98 Å². The fourth-order valence-electron chi connectivity index (χ4n) is 2.26. The maximum Gasteiger partial charge on any atom is 0.414 e. The Balaban J connectivity index is 1.92. The summed E-state index contributed by atoms with van der Waals surface area (Å²) in [5, 5.41) is 20.8. The number of β-amino-alcohol motifs (C(OH)–C–C–N with tert-alkyl or cyclic N) is 1. The normalized spacial score (nSPS) is 24.3. The zero-order valence-corrected chi connectivity index (χ0v) is 9.53. The minimum absolute atomic E-state index is 0.0660. The van der Waals surface area contributed by atoms with Gasteiger partial charge in [0.15, 0.2) is 0 Å². The van der Waals surface area contributed by atoms with Crippen LogP contribution in [0.5, 0.6) is 0 Å². The zero-order chi connectivity index (χ0) is 12.3. The third-order valence-corrected chi connectivity index (χ3v) is 3.10. The number of rotatable bonds is 5. The van der Waals surface area contributed by atoms with E-state index in [0.717, 1.165) is 25.9 Å². The first-order chi connectivity index (χ1) is 8.12. The van der Waals surface area contributed by atoms with Crippen LogP contribution in [0.2, 0.25) is 0 Å². The standard InChI is InChI=1S/C10H16N4O3/c15-9(8-13-5-1-2-6-13)7-10(14(16)17)11-3-4-12-10/h3-4,9,15H,1-2,5-8H2. The minimum atomic E-state index is -1.70. The summed E-state index contributed by atoms with van der Waals surface area (Å²) in [4.78, 5) is 20.0. The molecule has 2 rings (SSSR count). The third-order valence-electron chi connectivity index (χ3n) is 3.10. The van der Waals surface area contributed by atoms with E-state index in [-0.39, 0.29) is 6.42 Å². The average molecular weight is 240 g/mol. The van der Waals surface area contributed by atoms with Gasteiger partial charge in [0.05, 0.1) is 17.4 Å². The molecule has 0 amide bonds. The molecule has 0 aromatic heterocycles. The highest BCUT2D eigenvalue weighted by Crippen LogP contribution is 2.23. The third kappa shape index (κ3) is 2.67. The Kier molecular flexibility index (Phi) is 3.49. The second-order valence-corrected chi connectivity index (χ2v) is 4.45. The first kappa shape index (κ1) is 12.1. The second-order valence-electron chi connectivity index (χ2n) is 4.45. The predicted octanol–water partition coefficient (Wildman–Crippen LogP) is -0.0811. The molecule has 0 bridgehead atoms. The van der Waals surface area contributed by atoms with E-state index in [2.05, 4.69) is 14.9 Å². The Bertz CT molecular complexity index is 337. The van der Waals surface area contributed by atoms with E-state index in [9.17, 15) is 15.2 Å². The number of hydrogen-bond donors (Lipinski definition) is 1. The van der Waals surface area contributed by atoms with Crippen LogP contribution in [0.1, 0.15) is 19.3 Å². The fourth-order valence-corrected chi connectivity index (χ4v) is 2.26. The van der Waals surface area contributed by atoms with Crippen LogP contribution in [-0.4, -0.2) is 58.9 Å². The molecular formula is C10H16N4O3. The fraction of sp³-hybridized carbons (Fsp3) is 0.800. The van der Waals surface area contributed by atoms with Crippen molar-refractivity contribution in [2.75, 3.05) is 19.6 Å². The van der Waals surface area contributed by atoms with Gasteiger partial charge in [0.2, 0.25) is 0 Å². The molecule has 1 unspecified atom stereocenters. The molecule has 1 atom stereocenters. The van der Waals surface area contributed by atoms with Crippen molar-refractivity contribution in [2.45, 2.75) is 31.2 Å². The molecule has 0 aromatic carbocycles. The smallest absolute Gasteiger partial charge is 0.391 e. The van der Waals surface area contributed by atoms with Crippen molar-refractivity contribution < 1.29 is 10.0 Å². The van der Waals surface area contributed by atoms with E-state index in [0.29, 0.717) is 6.54 Å². The van der Waals surface area contributed by atoms with Gasteiger partial charge in [-0.25, -0.2) is 0 Å². The molecule has 0 saturated carbocycles. The summed E-state index contributed by atoms with van der Waals surface area (Å²) in [5.41, 5.74) is 0. The number of nitrogens with zero attached hydrogens (tertiary/aromatic N) is 4. The van der Waals surface area contributed by atoms with Gasteiger partial charge in [0.1, 0.15) is 0 Å². The van der Waals surface area contributed by atoms with Crippen molar-refractivity contribution in [3.05, 3.63) is 10.1 Å². The number of aliphatic hydroxyl groups is 1. The van der Waals surface area contributed by atoms with E-state index in [1.807, 2.05) is 0 Å². The molecule has 2 heterocycles. The monoisotopic (exact) mass is 240 g/mol. The van der Waals surface area contributed by atoms with E-state index < -0.39 is 16.8 Å². The van der Waals surface area contributed by atoms with Gasteiger partial charge >= 0.3 is 5.79 Å². The topological polar surface area (TPSA) is 91.3 Å². The largest absolute Gasteiger partial charge is 0.414 e. The molecule has 0 aromatic rings. The molecular weight excluding hydrogens is 224 g/mol. The Hall–Kier alpha value is -1.34. The number of likely N-dealkylation sites (tertiary alicyclic amines) is 1. The lowest BCUT2D eigenvalue weighted by Gasteiger charge is -2.22. The Morgan fingerprint density at radius 3 is 2.53 bits per heavy atom. The molecule has 17 heavy (non-hydrogen) atoms. The summed E-state index contributed by atoms with van der Waals surface area (Å²) in [5.74, 6) is -1.70. The summed E-state index contributed by atoms with van der Waals surface area (Å²) in [6, 6.07) is 0. The van der Waals surface area contributed by atoms with Crippen molar-refractivity contribution in [2.24, 2.45) is 9.98 Å². The summed E-state index contributed by atoms with van der Waals surface area (Å²) in [6.07, 6.45) is 4.04. The SMILES string of the molecule is O=[N+]([O-])C1(CC(O)CN2CCCC2)N=CC=N1. The van der Waals surface area contributed by atoms with E-state index >= 15 is 0 Å². The predicted molar refractivity (Wildman–Crippen MR) is 63.0 cm³/mol. The molecule has 1 saturated heterocycles. The van der Waals surface area contributed by atoms with Crippen LogP contribution in [0.3, 0.4) is 0 Å². The summed E-state index contributed by atoms with van der Waals surface area (Å²) in [7, 11) is 0. The Morgan fingerprint density at radius 1 is 1.41 bits per heavy atom. The highest BCUT2D eigenvalue weighted by molar-refractivity contribution is 6.17. The number of aliphatic hydroxyl groups excluding tert-OH is 1. The van der Waals surface area contributed by atoms with Crippen LogP contribution in [-0.2, 0) is 0 Å². The molecule has 7 nitrogen and oxygen atoms in total. The van der Waals surface area contributed by atoms with Crippen molar-refractivity contribution in [3.63, 3.8) is 0 Å². The highest BCUT2D eigenvalue weighted by Gasteiger charge is 2.45. The van der Waals surface area contributed by atoms with E-state index in [4.69, 9.17) is 0 Å². The van der Waals surface area contributed by atoms with Gasteiger partial charge in [-0.3, -0.25) is 10.1 Å². The van der Waals surface area contributed by atoms with Crippen LogP contribution >= 0.6 is 0 Å². The van der Waals surface area contributed by atoms with Gasteiger partial charge in [-0.05, 0) is 25.9 Å². The molecule has 0 spiro atoms. The summed E-state index contributed by atoms with van der Waals surface area (Å²) in [6.45, 7) is 2.37. The molecule has 2 aliphatic heterocycles. The van der Waals surface area contributed by atoms with Crippen molar-refractivity contribution in [1.29, 1.82) is 0 Å². The van der Waals surface area contributed by atoms with Gasteiger partial charge in [-0.2, -0.15) is 9.98 Å². The molecule has 2 aliphatic rings. The van der Waals surface area contributed by atoms with Crippen LogP contribution < -0.4 is 0 Å². The molecule has 7 heteroatoms. The maximum atomic E-state index is 10.9. The quantitative estimate of drug-likeness (QED) is 0.537. The molecule has 0 aliphatic carbocycles. The average Bonchev–Trinajstić information content (AvgIpc) is 2.89. The highest BCUT2D eigenvalue weighted by atomic mass is 16.6. The zero-order valence-electron chi connectivity index (χ0n) is 9.53. The van der Waals surface area contributed by atoms with Crippen LogP contribution in [0.25, 0.3) is 0 Å². The Morgan fingerprint density at radius 2 is 2.00 bits per heavy atom. The first-order valence-corrected chi connectivity index (χ1v) is 5.76. The lowest BCUT2D eigenvalue weighted by molar-refractivity contribution is -0.568. The molecule has 1 fully saturated rings. The number of aliphatic imine (C=N–C) groups is 2. The first-order valence-electron chi connectivity index (χ1n) is 5.76. The van der Waals surface area contributed by atoms with Gasteiger partial charge in [-0.1, -0.05) is 0 Å². The van der Waals surface area contributed by atoms with Crippen molar-refractivity contribution in [1.82, 2.24) is 4.90 Å².